The maximum absolute atomic E-state index is 14.1. The Hall–Kier alpha value is -4.39. The van der Waals surface area contributed by atoms with Crippen molar-refractivity contribution in [3.8, 4) is 5.75 Å². The van der Waals surface area contributed by atoms with Crippen LogP contribution in [0.25, 0.3) is 5.76 Å². The summed E-state index contributed by atoms with van der Waals surface area (Å²) in [5, 5.41) is 48.7. The number of fused-ring (bicyclic) bond motifs is 3. The first kappa shape index (κ1) is 27.6. The highest BCUT2D eigenvalue weighted by molar-refractivity contribution is 6.24. The Morgan fingerprint density at radius 1 is 1.23 bits per heavy atom. The number of aliphatic hydroxyl groups excluding tert-OH is 2. The molecule has 0 bridgehead atoms. The van der Waals surface area contributed by atoms with Crippen LogP contribution in [-0.2, 0) is 23.9 Å². The molecule has 0 heterocycles. The molecule has 0 aromatic heterocycles. The van der Waals surface area contributed by atoms with Gasteiger partial charge in [-0.15, -0.1) is 0 Å². The van der Waals surface area contributed by atoms with Crippen molar-refractivity contribution in [2.45, 2.75) is 43.9 Å². The van der Waals surface area contributed by atoms with Crippen LogP contribution < -0.4 is 10.6 Å². The minimum atomic E-state index is -3.02. The van der Waals surface area contributed by atoms with Crippen LogP contribution in [0.1, 0.15) is 37.3 Å². The highest BCUT2D eigenvalue weighted by Gasteiger charge is 2.69. The minimum Gasteiger partial charge on any atom is -0.508 e. The Labute approximate surface area is 221 Å². The standard InChI is InChI=1S/C25H27N5O9/c1-5-11(31)39-21-12-8(2)9-6-7-10(28-29-27)18(32)13(9)19(33)14(12)22(35)25(38)16(21)17(30(3)4)20(34)15(23(25)36)24(26)37/h6-8,12,16-17,21,27,38H,5H2,1-4H3,(H4,26,33,34,35,36,37)/p+1/t8-,12+,16-,17+,21+,25-/m1/s1. The van der Waals surface area contributed by atoms with Crippen molar-refractivity contribution in [1.29, 1.82) is 5.53 Å². The lowest BCUT2D eigenvalue weighted by Crippen LogP contribution is -2.71. The van der Waals surface area contributed by atoms with Gasteiger partial charge in [-0.2, -0.15) is 0 Å². The van der Waals surface area contributed by atoms with Crippen LogP contribution in [0, 0.1) is 17.4 Å². The number of aromatic hydroxyl groups is 1. The van der Waals surface area contributed by atoms with E-state index >= 15 is 0 Å². The van der Waals surface area contributed by atoms with E-state index in [1.807, 2.05) is 0 Å². The van der Waals surface area contributed by atoms with Gasteiger partial charge < -0.3 is 30.9 Å². The first-order valence-electron chi connectivity index (χ1n) is 12.0. The normalized spacial score (nSPS) is 29.8. The second-order valence-electron chi connectivity index (χ2n) is 9.96. The molecule has 1 amide bonds. The summed E-state index contributed by atoms with van der Waals surface area (Å²) in [7, 11) is 2.88. The number of hydrogen-bond acceptors (Lipinski definition) is 12. The molecule has 0 radical (unpaired) electrons. The molecule has 0 spiro atoms. The molecule has 7 N–H and O–H groups in total. The predicted molar refractivity (Wildman–Crippen MR) is 131 cm³/mol. The topological polar surface area (TPSA) is 238 Å². The van der Waals surface area contributed by atoms with Crippen LogP contribution in [0.2, 0.25) is 0 Å². The zero-order valence-corrected chi connectivity index (χ0v) is 21.5. The zero-order valence-electron chi connectivity index (χ0n) is 21.5. The van der Waals surface area contributed by atoms with Gasteiger partial charge in [0.15, 0.2) is 27.9 Å². The number of hydrogen-bond donors (Lipinski definition) is 6. The fourth-order valence-electron chi connectivity index (χ4n) is 6.09. The van der Waals surface area contributed by atoms with Gasteiger partial charge in [0.1, 0.15) is 28.7 Å². The lowest BCUT2D eigenvalue weighted by atomic mass is 9.54. The van der Waals surface area contributed by atoms with E-state index in [1.54, 1.807) is 6.92 Å². The summed E-state index contributed by atoms with van der Waals surface area (Å²) in [6.45, 7) is 3.14. The third-order valence-corrected chi connectivity index (χ3v) is 7.79. The quantitative estimate of drug-likeness (QED) is 0.131. The number of primary amides is 1. The van der Waals surface area contributed by atoms with Gasteiger partial charge >= 0.3 is 5.97 Å². The molecule has 4 rings (SSSR count). The molecule has 6 atom stereocenters. The number of ether oxygens (including phenoxy) is 1. The maximum Gasteiger partial charge on any atom is 0.305 e. The van der Waals surface area contributed by atoms with Crippen LogP contribution in [0.4, 0.5) is 5.69 Å². The van der Waals surface area contributed by atoms with Crippen LogP contribution in [0.15, 0.2) is 34.2 Å². The predicted octanol–water partition coefficient (Wildman–Crippen LogP) is 0.639. The Morgan fingerprint density at radius 2 is 1.87 bits per heavy atom. The number of aliphatic hydroxyl groups is 3. The van der Waals surface area contributed by atoms with Gasteiger partial charge in [0, 0.05) is 17.9 Å². The molecule has 0 saturated heterocycles. The summed E-state index contributed by atoms with van der Waals surface area (Å²) >= 11 is 0. The highest BCUT2D eigenvalue weighted by atomic mass is 16.5. The van der Waals surface area contributed by atoms with E-state index in [4.69, 9.17) is 16.0 Å². The van der Waals surface area contributed by atoms with Gasteiger partial charge in [0.05, 0.1) is 17.5 Å². The third-order valence-electron chi connectivity index (χ3n) is 7.79. The van der Waals surface area contributed by atoms with Crippen molar-refractivity contribution in [2.75, 3.05) is 14.1 Å². The van der Waals surface area contributed by atoms with Crippen LogP contribution >= 0.6 is 0 Å². The van der Waals surface area contributed by atoms with Crippen LogP contribution in [-0.4, -0.2) is 80.6 Å². The summed E-state index contributed by atoms with van der Waals surface area (Å²) in [5.41, 5.74) is 7.70. The summed E-state index contributed by atoms with van der Waals surface area (Å²) in [5.74, 6) is -10.6. The maximum atomic E-state index is 14.1. The number of nitrogens with zero attached hydrogens (tertiary/aromatic N) is 3. The second kappa shape index (κ2) is 9.42. The van der Waals surface area contributed by atoms with Gasteiger partial charge in [-0.25, -0.2) is 0 Å². The summed E-state index contributed by atoms with van der Waals surface area (Å²) in [6, 6.07) is 1.38. The van der Waals surface area contributed by atoms with Crippen LogP contribution in [0.5, 0.6) is 5.75 Å². The Bertz CT molecular complexity index is 1440. The molecule has 14 nitrogen and oxygen atoms in total. The van der Waals surface area contributed by atoms with Crippen LogP contribution in [0.3, 0.4) is 0 Å². The van der Waals surface area contributed by atoms with Gasteiger partial charge in [-0.05, 0) is 31.6 Å². The number of ketones is 2. The van der Waals surface area contributed by atoms with E-state index in [0.717, 1.165) is 0 Å². The lowest BCUT2D eigenvalue weighted by molar-refractivity contribution is -0.185. The molecule has 1 fully saturated rings. The van der Waals surface area contributed by atoms with Gasteiger partial charge in [-0.3, -0.25) is 24.1 Å². The van der Waals surface area contributed by atoms with E-state index < -0.39 is 87.4 Å². The summed E-state index contributed by atoms with van der Waals surface area (Å²) < 4.78 is 5.75. The highest BCUT2D eigenvalue weighted by Crippen LogP contribution is 2.57. The molecular formula is C25H28N5O9+. The molecule has 206 valence electrons. The number of phenols is 1. The Kier molecular flexibility index (Phi) is 6.67. The van der Waals surface area contributed by atoms with E-state index in [1.165, 1.54) is 38.1 Å². The second-order valence-corrected chi connectivity index (χ2v) is 9.96. The average molecular weight is 543 g/mol. The number of nitrogens with one attached hydrogen (secondary N) is 1. The first-order chi connectivity index (χ1) is 18.2. The summed E-state index contributed by atoms with van der Waals surface area (Å²) in [4.78, 5) is 56.6. The number of phenolic OH excluding ortho intramolecular Hbond substituents is 1. The number of rotatable bonds is 5. The molecule has 3 aliphatic rings. The van der Waals surface area contributed by atoms with Crippen molar-refractivity contribution in [2.24, 2.45) is 22.7 Å². The van der Waals surface area contributed by atoms with E-state index in [-0.39, 0.29) is 17.7 Å². The van der Waals surface area contributed by atoms with E-state index in [9.17, 15) is 39.6 Å². The van der Waals surface area contributed by atoms with Crippen molar-refractivity contribution < 1.29 is 44.3 Å². The Balaban J connectivity index is 2.13. The lowest BCUT2D eigenvalue weighted by Gasteiger charge is -2.54. The van der Waals surface area contributed by atoms with Crippen molar-refractivity contribution >= 4 is 34.9 Å². The smallest absolute Gasteiger partial charge is 0.305 e. The molecule has 0 aliphatic heterocycles. The number of carbonyl (C=O) groups excluding carboxylic acids is 4. The molecule has 14 heteroatoms. The molecule has 39 heavy (non-hydrogen) atoms. The minimum absolute atomic E-state index is 0.116. The number of esters is 1. The number of likely N-dealkylation sites (N-methyl/N-ethyl adjacent to an activating group) is 1. The number of nitrogens with two attached hydrogens (primary N) is 1. The van der Waals surface area contributed by atoms with Crippen molar-refractivity contribution in [3.05, 3.63) is 40.2 Å². The fraction of sp³-hybridized carbons (Fsp3) is 0.440. The van der Waals surface area contributed by atoms with E-state index in [2.05, 4.69) is 10.0 Å². The first-order valence-corrected chi connectivity index (χ1v) is 12.0. The Morgan fingerprint density at radius 3 is 2.41 bits per heavy atom. The van der Waals surface area contributed by atoms with E-state index in [0.29, 0.717) is 5.56 Å². The monoisotopic (exact) mass is 542 g/mol. The average Bonchev–Trinajstić information content (AvgIpc) is 2.86. The molecule has 1 aromatic rings. The van der Waals surface area contributed by atoms with Gasteiger partial charge in [0.25, 0.3) is 5.91 Å². The van der Waals surface area contributed by atoms with Crippen molar-refractivity contribution in [3.63, 3.8) is 0 Å². The van der Waals surface area contributed by atoms with Gasteiger partial charge in [-0.1, -0.05) is 19.9 Å². The largest absolute Gasteiger partial charge is 0.508 e. The molecule has 0 unspecified atom stereocenters. The number of carbonyl (C=O) groups is 4. The number of Topliss-reactive ketones (excluding diaryl/α,β-unsaturated/α-hetero) is 2. The van der Waals surface area contributed by atoms with Gasteiger partial charge in [0.2, 0.25) is 10.7 Å². The SMILES string of the molecule is CCC(=O)O[C@H]1[C@@H]2C(=C(O)c3c(ccc(N=[N+]=N)c3O)[C@H]2C)C(=O)[C@@]2(O)C(O)=C(C(N)=O)C(=O)[C@@H](N(C)C)[C@H]12. The molecule has 3 aliphatic carbocycles. The van der Waals surface area contributed by atoms with Crippen molar-refractivity contribution in [1.82, 2.24) is 9.81 Å². The molecular weight excluding hydrogens is 514 g/mol. The fourth-order valence-corrected chi connectivity index (χ4v) is 6.09. The number of amides is 1. The molecule has 1 saturated carbocycles. The zero-order chi connectivity index (χ0) is 29.1. The molecule has 1 aromatic carbocycles. The number of benzene rings is 1. The third kappa shape index (κ3) is 3.67. The summed E-state index contributed by atoms with van der Waals surface area (Å²) in [6.07, 6.45) is -1.58.